The second-order valence-corrected chi connectivity index (χ2v) is 6.15. The highest BCUT2D eigenvalue weighted by atomic mass is 15.2. The van der Waals surface area contributed by atoms with Crippen molar-refractivity contribution in [1.29, 1.82) is 0 Å². The molecule has 22 heavy (non-hydrogen) atoms. The maximum atomic E-state index is 6.06. The molecule has 1 aliphatic heterocycles. The zero-order valence-corrected chi connectivity index (χ0v) is 13.3. The number of hydrogen-bond donors (Lipinski definition) is 2. The molecule has 1 aliphatic rings. The van der Waals surface area contributed by atoms with Crippen LogP contribution in [0.1, 0.15) is 25.1 Å². The van der Waals surface area contributed by atoms with Gasteiger partial charge in [0.15, 0.2) is 0 Å². The van der Waals surface area contributed by atoms with Gasteiger partial charge >= 0.3 is 0 Å². The third-order valence-electron chi connectivity index (χ3n) is 4.55. The lowest BCUT2D eigenvalue weighted by atomic mass is 9.93. The van der Waals surface area contributed by atoms with Gasteiger partial charge in [0.2, 0.25) is 0 Å². The van der Waals surface area contributed by atoms with Gasteiger partial charge in [0, 0.05) is 5.39 Å². The van der Waals surface area contributed by atoms with Gasteiger partial charge in [0.25, 0.3) is 0 Å². The summed E-state index contributed by atoms with van der Waals surface area (Å²) < 4.78 is 0. The Labute approximate surface area is 131 Å². The number of hydrogen-bond acceptors (Lipinski definition) is 5. The first-order chi connectivity index (χ1) is 10.8. The molecule has 1 saturated heterocycles. The van der Waals surface area contributed by atoms with Gasteiger partial charge in [-0.1, -0.05) is 12.1 Å². The molecule has 5 heteroatoms. The van der Waals surface area contributed by atoms with E-state index < -0.39 is 0 Å². The summed E-state index contributed by atoms with van der Waals surface area (Å²) in [7, 11) is 2.02. The quantitative estimate of drug-likeness (QED) is 0.884. The number of piperidine rings is 1. The lowest BCUT2D eigenvalue weighted by molar-refractivity contribution is 0.169. The van der Waals surface area contributed by atoms with E-state index in [0.29, 0.717) is 5.82 Å². The van der Waals surface area contributed by atoms with Crippen molar-refractivity contribution in [1.82, 2.24) is 20.2 Å². The van der Waals surface area contributed by atoms with Crippen LogP contribution in [-0.4, -0.2) is 41.5 Å². The molecule has 0 aliphatic carbocycles. The molecule has 0 radical (unpaired) electrons. The van der Waals surface area contributed by atoms with E-state index in [2.05, 4.69) is 20.2 Å². The zero-order chi connectivity index (χ0) is 15.4. The van der Waals surface area contributed by atoms with Crippen molar-refractivity contribution >= 4 is 16.7 Å². The van der Waals surface area contributed by atoms with Gasteiger partial charge in [-0.2, -0.15) is 0 Å². The minimum absolute atomic E-state index is 0.588. The summed E-state index contributed by atoms with van der Waals surface area (Å²) in [6.07, 6.45) is 3.82. The number of para-hydroxylation sites is 1. The number of anilines is 1. The van der Waals surface area contributed by atoms with Crippen molar-refractivity contribution in [3.63, 3.8) is 0 Å². The number of fused-ring (bicyclic) bond motifs is 1. The average Bonchev–Trinajstić information content (AvgIpc) is 2.54. The molecule has 118 valence electrons. The molecule has 1 aromatic carbocycles. The highest BCUT2D eigenvalue weighted by Crippen LogP contribution is 2.22. The maximum Gasteiger partial charge on any atom is 0.145 e. The van der Waals surface area contributed by atoms with Gasteiger partial charge in [0.05, 0.1) is 12.1 Å². The topological polar surface area (TPSA) is 67.1 Å². The van der Waals surface area contributed by atoms with Crippen molar-refractivity contribution in [3.8, 4) is 0 Å². The SMILES string of the molecule is CNCCC1CCN(Cc2nc(N)c3ccccc3n2)CC1. The Morgan fingerprint density at radius 3 is 2.77 bits per heavy atom. The van der Waals surface area contributed by atoms with Crippen LogP contribution in [0.3, 0.4) is 0 Å². The van der Waals surface area contributed by atoms with Gasteiger partial charge in [0.1, 0.15) is 11.6 Å². The minimum atomic E-state index is 0.588. The Kier molecular flexibility index (Phi) is 4.85. The van der Waals surface area contributed by atoms with E-state index in [4.69, 9.17) is 5.73 Å². The molecular weight excluding hydrogens is 274 g/mol. The fourth-order valence-corrected chi connectivity index (χ4v) is 3.20. The zero-order valence-electron chi connectivity index (χ0n) is 13.3. The lowest BCUT2D eigenvalue weighted by Crippen LogP contribution is -2.34. The number of aromatic nitrogens is 2. The second-order valence-electron chi connectivity index (χ2n) is 6.15. The molecule has 2 heterocycles. The summed E-state index contributed by atoms with van der Waals surface area (Å²) in [5, 5.41) is 4.18. The first-order valence-corrected chi connectivity index (χ1v) is 8.14. The van der Waals surface area contributed by atoms with Gasteiger partial charge < -0.3 is 11.1 Å². The number of likely N-dealkylation sites (tertiary alicyclic amines) is 1. The molecule has 2 aromatic rings. The fraction of sp³-hybridized carbons (Fsp3) is 0.529. The summed E-state index contributed by atoms with van der Waals surface area (Å²) in [5.41, 5.74) is 7.00. The molecular formula is C17H25N5. The molecule has 0 saturated carbocycles. The Bertz CT molecular complexity index is 619. The molecule has 1 fully saturated rings. The van der Waals surface area contributed by atoms with Crippen LogP contribution in [0, 0.1) is 5.92 Å². The molecule has 1 aromatic heterocycles. The first-order valence-electron chi connectivity index (χ1n) is 8.14. The molecule has 5 nitrogen and oxygen atoms in total. The van der Waals surface area contributed by atoms with E-state index in [0.717, 1.165) is 48.8 Å². The molecule has 0 amide bonds. The van der Waals surface area contributed by atoms with Crippen LogP contribution in [0.5, 0.6) is 0 Å². The summed E-state index contributed by atoms with van der Waals surface area (Å²) in [6, 6.07) is 7.94. The van der Waals surface area contributed by atoms with Gasteiger partial charge in [-0.3, -0.25) is 4.90 Å². The van der Waals surface area contributed by atoms with E-state index in [-0.39, 0.29) is 0 Å². The number of benzene rings is 1. The maximum absolute atomic E-state index is 6.06. The highest BCUT2D eigenvalue weighted by molar-refractivity contribution is 5.87. The van der Waals surface area contributed by atoms with Crippen molar-refractivity contribution in [2.75, 3.05) is 32.4 Å². The van der Waals surface area contributed by atoms with Crippen molar-refractivity contribution in [2.45, 2.75) is 25.8 Å². The van der Waals surface area contributed by atoms with Crippen LogP contribution in [0.25, 0.3) is 10.9 Å². The smallest absolute Gasteiger partial charge is 0.145 e. The van der Waals surface area contributed by atoms with Crippen molar-refractivity contribution < 1.29 is 0 Å². The monoisotopic (exact) mass is 299 g/mol. The van der Waals surface area contributed by atoms with Gasteiger partial charge in [-0.05, 0) is 64.0 Å². The number of rotatable bonds is 5. The fourth-order valence-electron chi connectivity index (χ4n) is 3.20. The van der Waals surface area contributed by atoms with Gasteiger partial charge in [-0.15, -0.1) is 0 Å². The highest BCUT2D eigenvalue weighted by Gasteiger charge is 2.19. The molecule has 0 unspecified atom stereocenters. The van der Waals surface area contributed by atoms with Crippen LogP contribution < -0.4 is 11.1 Å². The van der Waals surface area contributed by atoms with E-state index in [9.17, 15) is 0 Å². The van der Waals surface area contributed by atoms with Crippen molar-refractivity contribution in [2.24, 2.45) is 5.92 Å². The molecule has 3 N–H and O–H groups in total. The van der Waals surface area contributed by atoms with E-state index in [1.165, 1.54) is 19.3 Å². The normalized spacial score (nSPS) is 17.1. The molecule has 3 rings (SSSR count). The van der Waals surface area contributed by atoms with E-state index in [1.807, 2.05) is 31.3 Å². The average molecular weight is 299 g/mol. The third-order valence-corrected chi connectivity index (χ3v) is 4.55. The number of nitrogen functional groups attached to an aromatic ring is 1. The second kappa shape index (κ2) is 7.03. The predicted molar refractivity (Wildman–Crippen MR) is 90.5 cm³/mol. The minimum Gasteiger partial charge on any atom is -0.383 e. The Morgan fingerprint density at radius 1 is 1.23 bits per heavy atom. The summed E-state index contributed by atoms with van der Waals surface area (Å²) in [6.45, 7) is 4.18. The van der Waals surface area contributed by atoms with Crippen molar-refractivity contribution in [3.05, 3.63) is 30.1 Å². The largest absolute Gasteiger partial charge is 0.383 e. The van der Waals surface area contributed by atoms with Crippen LogP contribution in [0.15, 0.2) is 24.3 Å². The Morgan fingerprint density at radius 2 is 2.00 bits per heavy atom. The summed E-state index contributed by atoms with van der Waals surface area (Å²) >= 11 is 0. The first kappa shape index (κ1) is 15.2. The molecule has 0 atom stereocenters. The summed E-state index contributed by atoms with van der Waals surface area (Å²) in [5.74, 6) is 2.28. The summed E-state index contributed by atoms with van der Waals surface area (Å²) in [4.78, 5) is 11.6. The van der Waals surface area contributed by atoms with Crippen LogP contribution in [0.4, 0.5) is 5.82 Å². The van der Waals surface area contributed by atoms with Crippen LogP contribution in [-0.2, 0) is 6.54 Å². The molecule has 0 bridgehead atoms. The lowest BCUT2D eigenvalue weighted by Gasteiger charge is -2.31. The number of nitrogens with two attached hydrogens (primary N) is 1. The van der Waals surface area contributed by atoms with Gasteiger partial charge in [-0.25, -0.2) is 9.97 Å². The number of nitrogens with zero attached hydrogens (tertiary/aromatic N) is 3. The molecule has 0 spiro atoms. The predicted octanol–water partition coefficient (Wildman–Crippen LogP) is 2.03. The van der Waals surface area contributed by atoms with E-state index >= 15 is 0 Å². The van der Waals surface area contributed by atoms with Crippen LogP contribution in [0.2, 0.25) is 0 Å². The van der Waals surface area contributed by atoms with E-state index in [1.54, 1.807) is 0 Å². The third kappa shape index (κ3) is 3.54. The Balaban J connectivity index is 1.62. The van der Waals surface area contributed by atoms with Crippen LogP contribution >= 0.6 is 0 Å². The standard InChI is InChI=1S/C17H25N5/c1-19-9-6-13-7-10-22(11-8-13)12-16-20-15-5-3-2-4-14(15)17(18)21-16/h2-5,13,19H,6-12H2,1H3,(H2,18,20,21). The Hall–Kier alpha value is -1.72. The number of nitrogens with one attached hydrogen (secondary N) is 1.